The van der Waals surface area contributed by atoms with Gasteiger partial charge in [-0.25, -0.2) is 4.98 Å². The van der Waals surface area contributed by atoms with E-state index >= 15 is 0 Å². The zero-order valence-corrected chi connectivity index (χ0v) is 14.9. The summed E-state index contributed by atoms with van der Waals surface area (Å²) in [5.41, 5.74) is 4.03. The molecule has 2 aromatic heterocycles. The monoisotopic (exact) mass is 350 g/mol. The number of benzene rings is 1. The van der Waals surface area contributed by atoms with Gasteiger partial charge >= 0.3 is 0 Å². The number of para-hydroxylation sites is 2. The third-order valence-electron chi connectivity index (χ3n) is 5.12. The highest BCUT2D eigenvalue weighted by Gasteiger charge is 2.19. The molecule has 0 unspecified atom stereocenters. The van der Waals surface area contributed by atoms with E-state index in [1.54, 1.807) is 24.3 Å². The van der Waals surface area contributed by atoms with Crippen molar-refractivity contribution in [2.75, 3.05) is 13.6 Å². The van der Waals surface area contributed by atoms with Crippen LogP contribution < -0.4 is 5.56 Å². The molecule has 0 saturated carbocycles. The quantitative estimate of drug-likeness (QED) is 0.785. The molecule has 3 aromatic rings. The van der Waals surface area contributed by atoms with E-state index in [1.165, 1.54) is 0 Å². The lowest BCUT2D eigenvalue weighted by molar-refractivity contribution is 0.0788. The number of imidazole rings is 1. The number of carbonyl (C=O) groups is 1. The van der Waals surface area contributed by atoms with Crippen LogP contribution in [0.1, 0.15) is 34.5 Å². The molecule has 0 saturated heterocycles. The maximum atomic E-state index is 12.8. The molecule has 0 radical (unpaired) electrons. The molecular formula is C20H22N4O2. The van der Waals surface area contributed by atoms with E-state index in [0.717, 1.165) is 48.0 Å². The van der Waals surface area contributed by atoms with Crippen LogP contribution in [0.5, 0.6) is 0 Å². The van der Waals surface area contributed by atoms with E-state index in [2.05, 4.69) is 9.97 Å². The van der Waals surface area contributed by atoms with Crippen LogP contribution in [0.2, 0.25) is 0 Å². The summed E-state index contributed by atoms with van der Waals surface area (Å²) in [5, 5.41) is 0. The number of hydrogen-bond acceptors (Lipinski definition) is 3. The number of amides is 1. The van der Waals surface area contributed by atoms with Gasteiger partial charge in [0.15, 0.2) is 0 Å². The molecule has 1 aliphatic rings. The molecule has 1 aromatic carbocycles. The average Bonchev–Trinajstić information content (AvgIpc) is 3.08. The van der Waals surface area contributed by atoms with Gasteiger partial charge in [-0.15, -0.1) is 0 Å². The molecule has 0 bridgehead atoms. The van der Waals surface area contributed by atoms with Crippen LogP contribution in [-0.2, 0) is 19.4 Å². The fourth-order valence-corrected chi connectivity index (χ4v) is 3.59. The van der Waals surface area contributed by atoms with Crippen molar-refractivity contribution >= 4 is 16.9 Å². The molecule has 134 valence electrons. The van der Waals surface area contributed by atoms with Crippen LogP contribution in [0, 0.1) is 0 Å². The van der Waals surface area contributed by atoms with Crippen molar-refractivity contribution in [3.8, 4) is 0 Å². The summed E-state index contributed by atoms with van der Waals surface area (Å²) >= 11 is 0. The van der Waals surface area contributed by atoms with Gasteiger partial charge in [0.05, 0.1) is 17.4 Å². The Balaban J connectivity index is 1.50. The third-order valence-corrected chi connectivity index (χ3v) is 5.12. The molecule has 6 heteroatoms. The number of aromatic amines is 1. The van der Waals surface area contributed by atoms with Gasteiger partial charge in [0.2, 0.25) is 0 Å². The van der Waals surface area contributed by atoms with Crippen molar-refractivity contribution < 1.29 is 4.79 Å². The lowest BCUT2D eigenvalue weighted by atomic mass is 9.95. The number of pyridine rings is 1. The summed E-state index contributed by atoms with van der Waals surface area (Å²) < 4.78 is 2.02. The minimum Gasteiger partial charge on any atom is -0.340 e. The molecule has 0 fully saturated rings. The third kappa shape index (κ3) is 3.03. The Morgan fingerprint density at radius 2 is 2.08 bits per heavy atom. The fraction of sp³-hybridized carbons (Fsp3) is 0.350. The van der Waals surface area contributed by atoms with Crippen LogP contribution in [-0.4, -0.2) is 38.9 Å². The van der Waals surface area contributed by atoms with E-state index in [1.807, 2.05) is 28.8 Å². The molecule has 1 N–H and O–H groups in total. The normalized spacial score (nSPS) is 13.6. The molecule has 2 heterocycles. The molecule has 1 aliphatic carbocycles. The molecule has 0 atom stereocenters. The van der Waals surface area contributed by atoms with E-state index in [-0.39, 0.29) is 17.0 Å². The second-order valence-electron chi connectivity index (χ2n) is 6.88. The Kier molecular flexibility index (Phi) is 4.32. The highest BCUT2D eigenvalue weighted by molar-refractivity contribution is 5.93. The van der Waals surface area contributed by atoms with Gasteiger partial charge in [0.25, 0.3) is 11.5 Å². The largest absolute Gasteiger partial charge is 0.340 e. The lowest BCUT2D eigenvalue weighted by Gasteiger charge is -2.20. The minimum atomic E-state index is -0.282. The summed E-state index contributed by atoms with van der Waals surface area (Å²) in [5.74, 6) is -0.232. The molecule has 6 nitrogen and oxygen atoms in total. The number of nitrogens with zero attached hydrogens (tertiary/aromatic N) is 3. The van der Waals surface area contributed by atoms with Crippen LogP contribution in [0.4, 0.5) is 0 Å². The number of aryl methyl sites for hydroxylation is 2. The Morgan fingerprint density at radius 3 is 2.96 bits per heavy atom. The van der Waals surface area contributed by atoms with Crippen LogP contribution in [0.15, 0.2) is 41.5 Å². The van der Waals surface area contributed by atoms with Gasteiger partial charge in [0.1, 0.15) is 5.56 Å². The Bertz CT molecular complexity index is 1020. The topological polar surface area (TPSA) is 71.0 Å². The summed E-state index contributed by atoms with van der Waals surface area (Å²) in [6.07, 6.45) is 5.81. The molecule has 26 heavy (non-hydrogen) atoms. The second kappa shape index (κ2) is 6.78. The number of H-pyrrole nitrogens is 1. The first-order valence-electron chi connectivity index (χ1n) is 9.04. The van der Waals surface area contributed by atoms with Crippen LogP contribution in [0.25, 0.3) is 11.0 Å². The van der Waals surface area contributed by atoms with E-state index in [9.17, 15) is 9.59 Å². The van der Waals surface area contributed by atoms with Crippen molar-refractivity contribution in [3.05, 3.63) is 63.8 Å². The Morgan fingerprint density at radius 1 is 1.27 bits per heavy atom. The van der Waals surface area contributed by atoms with Gasteiger partial charge in [-0.05, 0) is 49.4 Å². The Labute approximate surface area is 151 Å². The zero-order valence-electron chi connectivity index (χ0n) is 14.9. The van der Waals surface area contributed by atoms with Crippen LogP contribution in [0.3, 0.4) is 0 Å². The van der Waals surface area contributed by atoms with Crippen molar-refractivity contribution in [2.24, 2.45) is 0 Å². The molecule has 0 spiro atoms. The maximum absolute atomic E-state index is 12.8. The SMILES string of the molecule is CN(CCn1cnc2ccccc21)C(=O)c1cc2c([nH]c1=O)CCCC2. The zero-order chi connectivity index (χ0) is 18.1. The highest BCUT2D eigenvalue weighted by atomic mass is 16.2. The summed E-state index contributed by atoms with van der Waals surface area (Å²) in [4.78, 5) is 34.0. The summed E-state index contributed by atoms with van der Waals surface area (Å²) in [6.45, 7) is 1.14. The number of fused-ring (bicyclic) bond motifs is 2. The number of nitrogens with one attached hydrogen (secondary N) is 1. The standard InChI is InChI=1S/C20H22N4O2/c1-23(10-11-24-13-21-17-8-4-5-9-18(17)24)20(26)15-12-14-6-2-3-7-16(14)22-19(15)25/h4-5,8-9,12-13H,2-3,6-7,10-11H2,1H3,(H,22,25). The number of likely N-dealkylation sites (N-methyl/N-ethyl adjacent to an activating group) is 1. The number of rotatable bonds is 4. The number of carbonyl (C=O) groups excluding carboxylic acids is 1. The predicted octanol–water partition coefficient (Wildman–Crippen LogP) is 2.38. The lowest BCUT2D eigenvalue weighted by Crippen LogP contribution is -2.34. The van der Waals surface area contributed by atoms with Crippen molar-refractivity contribution in [1.82, 2.24) is 19.4 Å². The maximum Gasteiger partial charge on any atom is 0.261 e. The smallest absolute Gasteiger partial charge is 0.261 e. The molecular weight excluding hydrogens is 328 g/mol. The summed E-state index contributed by atoms with van der Waals surface area (Å²) in [7, 11) is 1.74. The second-order valence-corrected chi connectivity index (χ2v) is 6.88. The van der Waals surface area contributed by atoms with Gasteiger partial charge in [-0.1, -0.05) is 12.1 Å². The predicted molar refractivity (Wildman–Crippen MR) is 100 cm³/mol. The highest BCUT2D eigenvalue weighted by Crippen LogP contribution is 2.19. The summed E-state index contributed by atoms with van der Waals surface area (Å²) in [6, 6.07) is 9.70. The van der Waals surface area contributed by atoms with Crippen LogP contribution >= 0.6 is 0 Å². The first kappa shape index (κ1) is 16.6. The van der Waals surface area contributed by atoms with Gasteiger partial charge in [-0.2, -0.15) is 0 Å². The molecule has 0 aliphatic heterocycles. The minimum absolute atomic E-state index is 0.232. The Hall–Kier alpha value is -2.89. The number of aromatic nitrogens is 3. The molecule has 1 amide bonds. The van der Waals surface area contributed by atoms with Crippen molar-refractivity contribution in [1.29, 1.82) is 0 Å². The van der Waals surface area contributed by atoms with Gasteiger partial charge in [-0.3, -0.25) is 9.59 Å². The molecule has 4 rings (SSSR count). The van der Waals surface area contributed by atoms with Crippen molar-refractivity contribution in [3.63, 3.8) is 0 Å². The average molecular weight is 350 g/mol. The number of hydrogen-bond donors (Lipinski definition) is 1. The van der Waals surface area contributed by atoms with Gasteiger partial charge < -0.3 is 14.5 Å². The van der Waals surface area contributed by atoms with E-state index in [0.29, 0.717) is 13.1 Å². The van der Waals surface area contributed by atoms with Gasteiger partial charge in [0, 0.05) is 25.8 Å². The van der Waals surface area contributed by atoms with Crippen molar-refractivity contribution in [2.45, 2.75) is 32.2 Å². The fourth-order valence-electron chi connectivity index (χ4n) is 3.59. The van der Waals surface area contributed by atoms with E-state index < -0.39 is 0 Å². The first-order chi connectivity index (χ1) is 12.6. The first-order valence-corrected chi connectivity index (χ1v) is 9.04. The van der Waals surface area contributed by atoms with E-state index in [4.69, 9.17) is 0 Å².